The van der Waals surface area contributed by atoms with E-state index < -0.39 is 31.0 Å². The number of ether oxygens (including phenoxy) is 3. The number of thioether (sulfide) groups is 1. The lowest BCUT2D eigenvalue weighted by Crippen LogP contribution is -2.34. The number of alkyl halides is 2. The van der Waals surface area contributed by atoms with Crippen LogP contribution in [0.1, 0.15) is 23.2 Å². The molecule has 0 bridgehead atoms. The van der Waals surface area contributed by atoms with Crippen LogP contribution >= 0.6 is 11.8 Å². The molecule has 0 radical (unpaired) electrons. The van der Waals surface area contributed by atoms with Gasteiger partial charge in [0, 0.05) is 19.3 Å². The topological polar surface area (TPSA) is 116 Å². The monoisotopic (exact) mass is 495 g/mol. The van der Waals surface area contributed by atoms with E-state index in [0.29, 0.717) is 13.2 Å². The van der Waals surface area contributed by atoms with Gasteiger partial charge in [0.15, 0.2) is 6.61 Å². The zero-order valence-corrected chi connectivity index (χ0v) is 18.8. The standard InChI is InChI=1S/C22H23F2N3O6S/c23-22(24)33-17-8-2-1-7-16(17)27-19(29)13-34-20-15(6-3-9-25-20)21(30)32-12-18(28)26-11-14-5-4-10-31-14/h1-3,6-9,14,22H,4-5,10-13H2,(H,26,28)(H,27,29). The number of nitrogens with zero attached hydrogens (tertiary/aromatic N) is 1. The lowest BCUT2D eigenvalue weighted by Gasteiger charge is -2.12. The molecule has 2 aromatic rings. The average molecular weight is 496 g/mol. The van der Waals surface area contributed by atoms with E-state index >= 15 is 0 Å². The van der Waals surface area contributed by atoms with Crippen LogP contribution in [0.2, 0.25) is 0 Å². The number of aromatic nitrogens is 1. The van der Waals surface area contributed by atoms with Crippen molar-refractivity contribution in [3.63, 3.8) is 0 Å². The minimum absolute atomic E-state index is 0.0268. The Balaban J connectivity index is 1.50. The highest BCUT2D eigenvalue weighted by atomic mass is 32.2. The van der Waals surface area contributed by atoms with Crippen LogP contribution < -0.4 is 15.4 Å². The van der Waals surface area contributed by atoms with E-state index in [0.717, 1.165) is 24.6 Å². The molecule has 1 aliphatic rings. The van der Waals surface area contributed by atoms with Gasteiger partial charge in [-0.05, 0) is 37.1 Å². The third kappa shape index (κ3) is 7.96. The Kier molecular flexibility index (Phi) is 9.59. The van der Waals surface area contributed by atoms with Crippen molar-refractivity contribution in [2.24, 2.45) is 0 Å². The molecule has 1 atom stereocenters. The van der Waals surface area contributed by atoms with Crippen molar-refractivity contribution in [2.75, 3.05) is 30.8 Å². The van der Waals surface area contributed by atoms with Gasteiger partial charge in [0.2, 0.25) is 5.91 Å². The van der Waals surface area contributed by atoms with Crippen molar-refractivity contribution in [2.45, 2.75) is 30.6 Å². The first kappa shape index (κ1) is 25.4. The van der Waals surface area contributed by atoms with Crippen LogP contribution in [-0.4, -0.2) is 61.0 Å². The summed E-state index contributed by atoms with van der Waals surface area (Å²) in [6.07, 6.45) is 3.23. The zero-order valence-electron chi connectivity index (χ0n) is 18.0. The Bertz CT molecular complexity index is 1000. The SMILES string of the molecule is O=C(COC(=O)c1cccnc1SCC(=O)Nc1ccccc1OC(F)F)NCC1CCCO1. The average Bonchev–Trinajstić information content (AvgIpc) is 3.35. The number of halogens is 2. The summed E-state index contributed by atoms with van der Waals surface area (Å²) in [6.45, 7) is -2.48. The Labute approximate surface area is 198 Å². The number of amides is 2. The molecule has 1 saturated heterocycles. The third-order valence-electron chi connectivity index (χ3n) is 4.59. The third-order valence-corrected chi connectivity index (χ3v) is 5.60. The van der Waals surface area contributed by atoms with Crippen molar-refractivity contribution in [1.82, 2.24) is 10.3 Å². The Morgan fingerprint density at radius 2 is 2.00 bits per heavy atom. The second-order valence-corrected chi connectivity index (χ2v) is 8.05. The first-order valence-electron chi connectivity index (χ1n) is 10.4. The molecule has 0 saturated carbocycles. The summed E-state index contributed by atoms with van der Waals surface area (Å²) in [5.74, 6) is -2.07. The lowest BCUT2D eigenvalue weighted by atomic mass is 10.2. The van der Waals surface area contributed by atoms with Crippen LogP contribution in [0.4, 0.5) is 14.5 Å². The van der Waals surface area contributed by atoms with E-state index in [1.807, 2.05) is 0 Å². The zero-order chi connectivity index (χ0) is 24.3. The highest BCUT2D eigenvalue weighted by Gasteiger charge is 2.19. The fraction of sp³-hybridized carbons (Fsp3) is 0.364. The van der Waals surface area contributed by atoms with E-state index in [1.165, 1.54) is 36.5 Å². The molecular weight excluding hydrogens is 472 g/mol. The van der Waals surface area contributed by atoms with Crippen LogP contribution in [0, 0.1) is 0 Å². The van der Waals surface area contributed by atoms with Gasteiger partial charge in [-0.2, -0.15) is 8.78 Å². The Morgan fingerprint density at radius 1 is 1.18 bits per heavy atom. The van der Waals surface area contributed by atoms with Crippen LogP contribution in [0.15, 0.2) is 47.6 Å². The highest BCUT2D eigenvalue weighted by molar-refractivity contribution is 8.00. The van der Waals surface area contributed by atoms with Crippen molar-refractivity contribution >= 4 is 35.2 Å². The molecular formula is C22H23F2N3O6S. The molecule has 2 heterocycles. The maximum Gasteiger partial charge on any atom is 0.387 e. The summed E-state index contributed by atoms with van der Waals surface area (Å²) in [4.78, 5) is 40.8. The van der Waals surface area contributed by atoms with Crippen molar-refractivity contribution < 1.29 is 37.4 Å². The number of benzene rings is 1. The summed E-state index contributed by atoms with van der Waals surface area (Å²) in [5.41, 5.74) is 0.178. The maximum atomic E-state index is 12.5. The van der Waals surface area contributed by atoms with Crippen molar-refractivity contribution in [3.05, 3.63) is 48.2 Å². The quantitative estimate of drug-likeness (QED) is 0.361. The van der Waals surface area contributed by atoms with E-state index in [-0.39, 0.29) is 33.9 Å². The summed E-state index contributed by atoms with van der Waals surface area (Å²) < 4.78 is 39.9. The molecule has 1 aromatic heterocycles. The summed E-state index contributed by atoms with van der Waals surface area (Å²) in [5, 5.41) is 5.36. The minimum Gasteiger partial charge on any atom is -0.452 e. The number of nitrogens with one attached hydrogen (secondary N) is 2. The van der Waals surface area contributed by atoms with Gasteiger partial charge in [-0.25, -0.2) is 9.78 Å². The molecule has 2 N–H and O–H groups in total. The molecule has 1 fully saturated rings. The molecule has 1 unspecified atom stereocenters. The van der Waals surface area contributed by atoms with Crippen LogP contribution in [0.25, 0.3) is 0 Å². The molecule has 34 heavy (non-hydrogen) atoms. The highest BCUT2D eigenvalue weighted by Crippen LogP contribution is 2.26. The summed E-state index contributed by atoms with van der Waals surface area (Å²) in [7, 11) is 0. The van der Waals surface area contributed by atoms with Gasteiger partial charge in [-0.15, -0.1) is 0 Å². The molecule has 0 aliphatic carbocycles. The summed E-state index contributed by atoms with van der Waals surface area (Å²) >= 11 is 0.954. The van der Waals surface area contributed by atoms with E-state index in [2.05, 4.69) is 20.4 Å². The number of rotatable bonds is 11. The molecule has 12 heteroatoms. The van der Waals surface area contributed by atoms with Gasteiger partial charge < -0.3 is 24.8 Å². The van der Waals surface area contributed by atoms with Gasteiger partial charge in [-0.1, -0.05) is 23.9 Å². The first-order chi connectivity index (χ1) is 16.4. The number of pyridine rings is 1. The van der Waals surface area contributed by atoms with E-state index in [1.54, 1.807) is 6.07 Å². The number of carbonyl (C=O) groups excluding carboxylic acids is 3. The fourth-order valence-electron chi connectivity index (χ4n) is 3.04. The molecule has 182 valence electrons. The van der Waals surface area contributed by atoms with Gasteiger partial charge in [0.05, 0.1) is 23.1 Å². The van der Waals surface area contributed by atoms with Crippen LogP contribution in [-0.2, 0) is 19.1 Å². The van der Waals surface area contributed by atoms with Crippen LogP contribution in [0.3, 0.4) is 0 Å². The predicted molar refractivity (Wildman–Crippen MR) is 119 cm³/mol. The van der Waals surface area contributed by atoms with Gasteiger partial charge in [0.1, 0.15) is 10.8 Å². The smallest absolute Gasteiger partial charge is 0.387 e. The number of hydrogen-bond acceptors (Lipinski definition) is 8. The van der Waals surface area contributed by atoms with Crippen molar-refractivity contribution in [1.29, 1.82) is 0 Å². The largest absolute Gasteiger partial charge is 0.452 e. The Hall–Kier alpha value is -3.25. The molecule has 9 nitrogen and oxygen atoms in total. The Morgan fingerprint density at radius 3 is 2.76 bits per heavy atom. The number of hydrogen-bond donors (Lipinski definition) is 2. The van der Waals surface area contributed by atoms with E-state index in [9.17, 15) is 23.2 Å². The predicted octanol–water partition coefficient (Wildman–Crippen LogP) is 2.87. The maximum absolute atomic E-state index is 12.5. The number of carbonyl (C=O) groups is 3. The fourth-order valence-corrected chi connectivity index (χ4v) is 3.83. The first-order valence-corrected chi connectivity index (χ1v) is 11.4. The summed E-state index contributed by atoms with van der Waals surface area (Å²) in [6, 6.07) is 8.77. The van der Waals surface area contributed by atoms with Gasteiger partial charge >= 0.3 is 12.6 Å². The number of para-hydroxylation sites is 2. The normalized spacial score (nSPS) is 15.1. The van der Waals surface area contributed by atoms with E-state index in [4.69, 9.17) is 9.47 Å². The number of anilines is 1. The second-order valence-electron chi connectivity index (χ2n) is 7.08. The molecule has 2 amide bonds. The molecule has 0 spiro atoms. The molecule has 3 rings (SSSR count). The minimum atomic E-state index is -3.03. The second kappa shape index (κ2) is 12.8. The lowest BCUT2D eigenvalue weighted by molar-refractivity contribution is -0.124. The van der Waals surface area contributed by atoms with Gasteiger partial charge in [-0.3, -0.25) is 9.59 Å². The number of esters is 1. The molecule has 1 aromatic carbocycles. The van der Waals surface area contributed by atoms with Crippen LogP contribution in [0.5, 0.6) is 5.75 Å². The van der Waals surface area contributed by atoms with Crippen molar-refractivity contribution in [3.8, 4) is 5.75 Å². The molecule has 1 aliphatic heterocycles. The van der Waals surface area contributed by atoms with Gasteiger partial charge in [0.25, 0.3) is 5.91 Å².